The molecule has 2 aromatic carbocycles. The summed E-state index contributed by atoms with van der Waals surface area (Å²) >= 11 is 0. The second kappa shape index (κ2) is 14.5. The highest BCUT2D eigenvalue weighted by Gasteiger charge is 2.13. The van der Waals surface area contributed by atoms with Gasteiger partial charge in [0.25, 0.3) is 11.8 Å². The van der Waals surface area contributed by atoms with Crippen molar-refractivity contribution in [3.05, 3.63) is 59.7 Å². The van der Waals surface area contributed by atoms with E-state index >= 15 is 0 Å². The number of nitrogens with zero attached hydrogens (tertiary/aromatic N) is 1. The molecule has 0 heterocycles. The Labute approximate surface area is 206 Å². The average Bonchev–Trinajstić information content (AvgIpc) is 2.87. The molecular formula is C27H34N2O6. The van der Waals surface area contributed by atoms with E-state index in [2.05, 4.69) is 5.32 Å². The van der Waals surface area contributed by atoms with Crippen LogP contribution in [0.2, 0.25) is 0 Å². The van der Waals surface area contributed by atoms with Crippen LogP contribution in [0.15, 0.2) is 48.5 Å². The summed E-state index contributed by atoms with van der Waals surface area (Å²) < 4.78 is 16.3. The molecule has 188 valence electrons. The van der Waals surface area contributed by atoms with Crippen molar-refractivity contribution in [3.63, 3.8) is 0 Å². The van der Waals surface area contributed by atoms with E-state index in [-0.39, 0.29) is 5.91 Å². The molecule has 0 aromatic heterocycles. The highest BCUT2D eigenvalue weighted by molar-refractivity contribution is 5.97. The molecule has 1 N–H and O–H groups in total. The van der Waals surface area contributed by atoms with Crippen LogP contribution in [-0.4, -0.2) is 55.6 Å². The fourth-order valence-corrected chi connectivity index (χ4v) is 3.16. The molecule has 2 rings (SSSR count). The van der Waals surface area contributed by atoms with Crippen LogP contribution in [0.25, 0.3) is 6.08 Å². The van der Waals surface area contributed by atoms with Crippen molar-refractivity contribution in [2.24, 2.45) is 0 Å². The van der Waals surface area contributed by atoms with E-state index in [1.54, 1.807) is 53.4 Å². The third kappa shape index (κ3) is 8.81. The Hall–Kier alpha value is -3.81. The lowest BCUT2D eigenvalue weighted by atomic mass is 10.2. The lowest BCUT2D eigenvalue weighted by molar-refractivity contribution is -0.142. The van der Waals surface area contributed by atoms with Gasteiger partial charge in [0.05, 0.1) is 13.2 Å². The minimum atomic E-state index is -0.649. The van der Waals surface area contributed by atoms with E-state index < -0.39 is 18.5 Å². The zero-order valence-electron chi connectivity index (χ0n) is 20.8. The second-order valence-electron chi connectivity index (χ2n) is 7.53. The fraction of sp³-hybridized carbons (Fsp3) is 0.370. The van der Waals surface area contributed by atoms with E-state index in [4.69, 9.17) is 14.2 Å². The molecule has 8 heteroatoms. The number of nitrogens with one attached hydrogen (secondary N) is 1. The summed E-state index contributed by atoms with van der Waals surface area (Å²) in [6.07, 6.45) is 3.71. The number of hydrogen-bond donors (Lipinski definition) is 1. The summed E-state index contributed by atoms with van der Waals surface area (Å²) in [5, 5.41) is 2.64. The number of hydrogen-bond acceptors (Lipinski definition) is 6. The van der Waals surface area contributed by atoms with E-state index in [1.165, 1.54) is 6.08 Å². The van der Waals surface area contributed by atoms with E-state index in [0.29, 0.717) is 49.1 Å². The lowest BCUT2D eigenvalue weighted by Crippen LogP contribution is -2.30. The van der Waals surface area contributed by atoms with Gasteiger partial charge in [-0.3, -0.25) is 9.59 Å². The molecule has 0 saturated carbocycles. The lowest BCUT2D eigenvalue weighted by Gasteiger charge is -2.18. The molecule has 0 saturated heterocycles. The molecule has 2 amide bonds. The maximum atomic E-state index is 12.4. The smallest absolute Gasteiger partial charge is 0.331 e. The maximum Gasteiger partial charge on any atom is 0.331 e. The molecule has 0 fully saturated rings. The normalized spacial score (nSPS) is 10.6. The Morgan fingerprint density at radius 2 is 1.63 bits per heavy atom. The molecule has 35 heavy (non-hydrogen) atoms. The molecule has 0 unspecified atom stereocenters. The van der Waals surface area contributed by atoms with Crippen LogP contribution in [-0.2, 0) is 14.3 Å². The number of rotatable bonds is 13. The second-order valence-corrected chi connectivity index (χ2v) is 7.53. The summed E-state index contributed by atoms with van der Waals surface area (Å²) in [6.45, 7) is 9.64. The third-order valence-electron chi connectivity index (χ3n) is 4.95. The molecule has 8 nitrogen and oxygen atoms in total. The number of esters is 1. The number of anilines is 1. The van der Waals surface area contributed by atoms with Gasteiger partial charge < -0.3 is 24.4 Å². The summed E-state index contributed by atoms with van der Waals surface area (Å²) in [5.41, 5.74) is 1.78. The summed E-state index contributed by atoms with van der Waals surface area (Å²) in [5.74, 6) is 0.0523. The topological polar surface area (TPSA) is 94.2 Å². The van der Waals surface area contributed by atoms with Crippen molar-refractivity contribution in [1.29, 1.82) is 0 Å². The molecule has 0 aliphatic rings. The van der Waals surface area contributed by atoms with Crippen molar-refractivity contribution >= 4 is 29.5 Å². The number of ether oxygens (including phenoxy) is 3. The molecule has 0 atom stereocenters. The average molecular weight is 483 g/mol. The molecule has 2 aromatic rings. The van der Waals surface area contributed by atoms with Crippen LogP contribution >= 0.6 is 0 Å². The van der Waals surface area contributed by atoms with Crippen molar-refractivity contribution in [1.82, 2.24) is 4.90 Å². The number of carbonyl (C=O) groups is 3. The Morgan fingerprint density at radius 1 is 0.914 bits per heavy atom. The first-order valence-corrected chi connectivity index (χ1v) is 11.8. The van der Waals surface area contributed by atoms with Gasteiger partial charge in [0.2, 0.25) is 0 Å². The minimum absolute atomic E-state index is 0.0647. The summed E-state index contributed by atoms with van der Waals surface area (Å²) in [4.78, 5) is 38.2. The predicted molar refractivity (Wildman–Crippen MR) is 136 cm³/mol. The zero-order valence-corrected chi connectivity index (χ0v) is 20.8. The van der Waals surface area contributed by atoms with Gasteiger partial charge in [-0.2, -0.15) is 0 Å². The zero-order chi connectivity index (χ0) is 25.6. The standard InChI is InChI=1S/C27H34N2O6/c1-5-17-34-23-15-9-20(18-24(23)33-8-4)10-16-26(31)35-19-25(30)28-22-13-11-21(12-14-22)27(32)29(6-2)7-3/h9-16,18H,5-8,17,19H2,1-4H3,(H,28,30)/b16-10+. The van der Waals surface area contributed by atoms with Crippen LogP contribution in [0.1, 0.15) is 50.0 Å². The van der Waals surface area contributed by atoms with Gasteiger partial charge in [0.15, 0.2) is 18.1 Å². The molecule has 0 aliphatic heterocycles. The molecular weight excluding hydrogens is 448 g/mol. The van der Waals surface area contributed by atoms with E-state index in [1.807, 2.05) is 27.7 Å². The summed E-state index contributed by atoms with van der Waals surface area (Å²) in [6, 6.07) is 12.0. The molecule has 0 spiro atoms. The van der Waals surface area contributed by atoms with Gasteiger partial charge in [0.1, 0.15) is 0 Å². The maximum absolute atomic E-state index is 12.4. The Morgan fingerprint density at radius 3 is 2.26 bits per heavy atom. The minimum Gasteiger partial charge on any atom is -0.490 e. The molecule has 0 bridgehead atoms. The van der Waals surface area contributed by atoms with Gasteiger partial charge in [-0.1, -0.05) is 13.0 Å². The molecule has 0 aliphatic carbocycles. The quantitative estimate of drug-likeness (QED) is 0.332. The van der Waals surface area contributed by atoms with Crippen molar-refractivity contribution < 1.29 is 28.6 Å². The highest BCUT2D eigenvalue weighted by Crippen LogP contribution is 2.29. The number of benzene rings is 2. The number of amides is 2. The first kappa shape index (κ1) is 27.4. The monoisotopic (exact) mass is 482 g/mol. The van der Waals surface area contributed by atoms with Crippen LogP contribution < -0.4 is 14.8 Å². The third-order valence-corrected chi connectivity index (χ3v) is 4.95. The van der Waals surface area contributed by atoms with E-state index in [9.17, 15) is 14.4 Å². The van der Waals surface area contributed by atoms with Crippen molar-refractivity contribution in [2.45, 2.75) is 34.1 Å². The fourth-order valence-electron chi connectivity index (χ4n) is 3.16. The Bertz CT molecular complexity index is 1010. The van der Waals surface area contributed by atoms with Gasteiger partial charge in [-0.05, 0) is 75.2 Å². The van der Waals surface area contributed by atoms with Gasteiger partial charge in [-0.25, -0.2) is 4.79 Å². The van der Waals surface area contributed by atoms with Crippen LogP contribution in [0.3, 0.4) is 0 Å². The molecule has 0 radical (unpaired) electrons. The van der Waals surface area contributed by atoms with E-state index in [0.717, 1.165) is 12.0 Å². The van der Waals surface area contributed by atoms with Crippen LogP contribution in [0, 0.1) is 0 Å². The SMILES string of the molecule is CCCOc1ccc(/C=C/C(=O)OCC(=O)Nc2ccc(C(=O)N(CC)CC)cc2)cc1OCC. The van der Waals surface area contributed by atoms with Crippen molar-refractivity contribution in [2.75, 3.05) is 38.2 Å². The predicted octanol–water partition coefficient (Wildman–Crippen LogP) is 4.55. The summed E-state index contributed by atoms with van der Waals surface area (Å²) in [7, 11) is 0. The number of carbonyl (C=O) groups excluding carboxylic acids is 3. The first-order chi connectivity index (χ1) is 16.9. The first-order valence-electron chi connectivity index (χ1n) is 11.8. The van der Waals surface area contributed by atoms with Gasteiger partial charge in [-0.15, -0.1) is 0 Å². The van der Waals surface area contributed by atoms with Gasteiger partial charge >= 0.3 is 5.97 Å². The largest absolute Gasteiger partial charge is 0.490 e. The van der Waals surface area contributed by atoms with Crippen LogP contribution in [0.4, 0.5) is 5.69 Å². The van der Waals surface area contributed by atoms with Gasteiger partial charge in [0, 0.05) is 30.4 Å². The Kier molecular flexibility index (Phi) is 11.3. The Balaban J connectivity index is 1.87. The van der Waals surface area contributed by atoms with Crippen molar-refractivity contribution in [3.8, 4) is 11.5 Å². The van der Waals surface area contributed by atoms with Crippen LogP contribution in [0.5, 0.6) is 11.5 Å². The highest BCUT2D eigenvalue weighted by atomic mass is 16.5.